The maximum absolute atomic E-state index is 11.8. The third-order valence-electron chi connectivity index (χ3n) is 2.90. The number of nitrogens with one attached hydrogen (secondary N) is 1. The Hall–Kier alpha value is -1.26. The molecule has 96 valence electrons. The molecule has 0 aliphatic carbocycles. The van der Waals surface area contributed by atoms with Crippen molar-refractivity contribution in [2.24, 2.45) is 5.92 Å². The fourth-order valence-corrected chi connectivity index (χ4v) is 2.26. The van der Waals surface area contributed by atoms with Gasteiger partial charge >= 0.3 is 6.03 Å². The largest absolute Gasteiger partial charge is 0.328 e. The van der Waals surface area contributed by atoms with Crippen LogP contribution in [0.3, 0.4) is 0 Å². The lowest BCUT2D eigenvalue weighted by molar-refractivity contribution is -0.123. The van der Waals surface area contributed by atoms with Gasteiger partial charge in [-0.15, -0.1) is 0 Å². The van der Waals surface area contributed by atoms with Gasteiger partial charge in [0.25, 0.3) is 0 Å². The van der Waals surface area contributed by atoms with Crippen molar-refractivity contribution >= 4 is 40.8 Å². The van der Waals surface area contributed by atoms with Crippen LogP contribution in [0.1, 0.15) is 12.5 Å². The molecule has 1 aliphatic rings. The van der Waals surface area contributed by atoms with Gasteiger partial charge in [-0.2, -0.15) is 0 Å². The number of hydrogen-bond donors (Lipinski definition) is 1. The number of halogens is 2. The maximum atomic E-state index is 11.8. The third-order valence-corrected chi connectivity index (χ3v) is 3.61. The Morgan fingerprint density at radius 3 is 2.61 bits per heavy atom. The first-order chi connectivity index (χ1) is 8.40. The molecule has 3 amide bonds. The number of hydrogen-bond acceptors (Lipinski definition) is 2. The van der Waals surface area contributed by atoms with Gasteiger partial charge in [-0.25, -0.2) is 4.79 Å². The smallest absolute Gasteiger partial charge is 0.292 e. The van der Waals surface area contributed by atoms with Gasteiger partial charge in [0.2, 0.25) is 5.91 Å². The minimum atomic E-state index is -0.472. The molecule has 2 rings (SSSR count). The van der Waals surface area contributed by atoms with Crippen LogP contribution in [0.5, 0.6) is 0 Å². The number of urea groups is 1. The van der Waals surface area contributed by atoms with E-state index < -0.39 is 6.03 Å². The molecule has 1 N–H and O–H groups in total. The second-order valence-electron chi connectivity index (χ2n) is 4.36. The van der Waals surface area contributed by atoms with E-state index in [0.717, 1.165) is 5.56 Å². The fourth-order valence-electron chi connectivity index (χ4n) is 1.79. The molecule has 18 heavy (non-hydrogen) atoms. The number of aryl methyl sites for hydroxylation is 1. The van der Waals surface area contributed by atoms with Crippen molar-refractivity contribution in [2.45, 2.75) is 13.8 Å². The maximum Gasteiger partial charge on any atom is 0.328 e. The van der Waals surface area contributed by atoms with E-state index in [2.05, 4.69) is 5.32 Å². The zero-order valence-electron chi connectivity index (χ0n) is 9.96. The van der Waals surface area contributed by atoms with Crippen molar-refractivity contribution in [1.29, 1.82) is 0 Å². The lowest BCUT2D eigenvalue weighted by Crippen LogP contribution is -2.54. The number of carbonyl (C=O) groups is 2. The number of rotatable bonds is 1. The van der Waals surface area contributed by atoms with Crippen LogP contribution < -0.4 is 10.2 Å². The quantitative estimate of drug-likeness (QED) is 0.863. The van der Waals surface area contributed by atoms with Crippen LogP contribution >= 0.6 is 23.2 Å². The van der Waals surface area contributed by atoms with Crippen LogP contribution in [0.2, 0.25) is 10.0 Å². The fraction of sp³-hybridized carbons (Fsp3) is 0.333. The van der Waals surface area contributed by atoms with E-state index in [1.807, 2.05) is 6.92 Å². The lowest BCUT2D eigenvalue weighted by Gasteiger charge is -2.31. The van der Waals surface area contributed by atoms with Gasteiger partial charge in [0, 0.05) is 11.6 Å². The molecule has 1 aromatic carbocycles. The van der Waals surface area contributed by atoms with E-state index in [1.54, 1.807) is 19.1 Å². The van der Waals surface area contributed by atoms with Gasteiger partial charge in [0.15, 0.2) is 0 Å². The number of benzene rings is 1. The molecule has 1 heterocycles. The van der Waals surface area contributed by atoms with Gasteiger partial charge in [-0.3, -0.25) is 15.0 Å². The summed E-state index contributed by atoms with van der Waals surface area (Å²) in [4.78, 5) is 24.6. The highest BCUT2D eigenvalue weighted by Crippen LogP contribution is 2.33. The Morgan fingerprint density at radius 2 is 1.94 bits per heavy atom. The Bertz CT molecular complexity index is 531. The summed E-state index contributed by atoms with van der Waals surface area (Å²) < 4.78 is 0. The standard InChI is InChI=1S/C12H12Cl2N2O2/c1-6-3-9(14)10(4-8(6)13)16-5-7(2)11(17)15-12(16)18/h3-4,7H,5H2,1-2H3,(H,15,17,18). The van der Waals surface area contributed by atoms with Crippen molar-refractivity contribution in [3.8, 4) is 0 Å². The Kier molecular flexibility index (Phi) is 3.50. The van der Waals surface area contributed by atoms with E-state index in [-0.39, 0.29) is 11.8 Å². The molecule has 1 atom stereocenters. The molecule has 0 radical (unpaired) electrons. The summed E-state index contributed by atoms with van der Waals surface area (Å²) >= 11 is 12.2. The number of carbonyl (C=O) groups excluding carboxylic acids is 2. The average Bonchev–Trinajstić information content (AvgIpc) is 2.29. The van der Waals surface area contributed by atoms with Crippen LogP contribution in [0.25, 0.3) is 0 Å². The van der Waals surface area contributed by atoms with E-state index in [1.165, 1.54) is 4.90 Å². The van der Waals surface area contributed by atoms with Gasteiger partial charge in [0.1, 0.15) is 0 Å². The molecule has 0 spiro atoms. The monoisotopic (exact) mass is 286 g/mol. The summed E-state index contributed by atoms with van der Waals surface area (Å²) in [5, 5.41) is 3.26. The third kappa shape index (κ3) is 2.31. The van der Waals surface area contributed by atoms with Gasteiger partial charge in [-0.1, -0.05) is 30.1 Å². The first kappa shape index (κ1) is 13.2. The van der Waals surface area contributed by atoms with Crippen molar-refractivity contribution in [3.05, 3.63) is 27.7 Å². The molecule has 0 aromatic heterocycles. The molecule has 1 fully saturated rings. The number of amides is 3. The second kappa shape index (κ2) is 4.78. The SMILES string of the molecule is Cc1cc(Cl)c(N2CC(C)C(=O)NC2=O)cc1Cl. The van der Waals surface area contributed by atoms with Crippen molar-refractivity contribution in [3.63, 3.8) is 0 Å². The molecule has 1 saturated heterocycles. The van der Waals surface area contributed by atoms with E-state index in [4.69, 9.17) is 23.2 Å². The highest BCUT2D eigenvalue weighted by Gasteiger charge is 2.31. The number of nitrogens with zero attached hydrogens (tertiary/aromatic N) is 1. The Labute approximate surface area is 115 Å². The van der Waals surface area contributed by atoms with Crippen LogP contribution in [0.15, 0.2) is 12.1 Å². The summed E-state index contributed by atoms with van der Waals surface area (Å²) in [7, 11) is 0. The minimum Gasteiger partial charge on any atom is -0.292 e. The average molecular weight is 287 g/mol. The molecular weight excluding hydrogens is 275 g/mol. The summed E-state index contributed by atoms with van der Waals surface area (Å²) in [5.74, 6) is -0.551. The molecule has 4 nitrogen and oxygen atoms in total. The Balaban J connectivity index is 2.39. The van der Waals surface area contributed by atoms with Crippen LogP contribution in [0, 0.1) is 12.8 Å². The minimum absolute atomic E-state index is 0.273. The zero-order chi connectivity index (χ0) is 13.4. The van der Waals surface area contributed by atoms with E-state index in [0.29, 0.717) is 22.3 Å². The van der Waals surface area contributed by atoms with Gasteiger partial charge in [-0.05, 0) is 24.6 Å². The highest BCUT2D eigenvalue weighted by atomic mass is 35.5. The molecule has 1 unspecified atom stereocenters. The molecule has 0 bridgehead atoms. The molecule has 6 heteroatoms. The summed E-state index contributed by atoms with van der Waals surface area (Å²) in [6, 6.07) is 2.87. The van der Waals surface area contributed by atoms with E-state index in [9.17, 15) is 9.59 Å². The molecular formula is C12H12Cl2N2O2. The Morgan fingerprint density at radius 1 is 1.28 bits per heavy atom. The predicted molar refractivity (Wildman–Crippen MR) is 71.2 cm³/mol. The molecule has 0 saturated carbocycles. The lowest BCUT2D eigenvalue weighted by atomic mass is 10.1. The zero-order valence-corrected chi connectivity index (χ0v) is 11.5. The number of anilines is 1. The summed E-state index contributed by atoms with van der Waals surface area (Å²) in [6.45, 7) is 3.88. The predicted octanol–water partition coefficient (Wildman–Crippen LogP) is 2.99. The topological polar surface area (TPSA) is 49.4 Å². The van der Waals surface area contributed by atoms with Gasteiger partial charge < -0.3 is 0 Å². The normalized spacial score (nSPS) is 20.0. The first-order valence-corrected chi connectivity index (χ1v) is 6.23. The van der Waals surface area contributed by atoms with Crippen molar-refractivity contribution < 1.29 is 9.59 Å². The molecule has 1 aliphatic heterocycles. The molecule has 1 aromatic rings. The first-order valence-electron chi connectivity index (χ1n) is 5.48. The van der Waals surface area contributed by atoms with Crippen LogP contribution in [-0.2, 0) is 4.79 Å². The van der Waals surface area contributed by atoms with Crippen molar-refractivity contribution in [1.82, 2.24) is 5.32 Å². The van der Waals surface area contributed by atoms with Gasteiger partial charge in [0.05, 0.1) is 16.6 Å². The van der Waals surface area contributed by atoms with E-state index >= 15 is 0 Å². The number of imide groups is 1. The van der Waals surface area contributed by atoms with Crippen LogP contribution in [-0.4, -0.2) is 18.5 Å². The highest BCUT2D eigenvalue weighted by molar-refractivity contribution is 6.36. The second-order valence-corrected chi connectivity index (χ2v) is 5.17. The van der Waals surface area contributed by atoms with Crippen molar-refractivity contribution in [2.75, 3.05) is 11.4 Å². The summed E-state index contributed by atoms with van der Waals surface area (Å²) in [5.41, 5.74) is 1.36. The summed E-state index contributed by atoms with van der Waals surface area (Å²) in [6.07, 6.45) is 0. The van der Waals surface area contributed by atoms with Crippen LogP contribution in [0.4, 0.5) is 10.5 Å².